The van der Waals surface area contributed by atoms with Gasteiger partial charge in [0.1, 0.15) is 10.8 Å². The van der Waals surface area contributed by atoms with Crippen LogP contribution in [0.1, 0.15) is 20.7 Å². The lowest BCUT2D eigenvalue weighted by Gasteiger charge is -2.12. The molecule has 32 heavy (non-hydrogen) atoms. The third kappa shape index (κ3) is 3.74. The third-order valence-corrected chi connectivity index (χ3v) is 7.68. The van der Waals surface area contributed by atoms with Gasteiger partial charge in [0, 0.05) is 12.1 Å². The number of nitrogens with zero attached hydrogens (tertiary/aromatic N) is 3. The van der Waals surface area contributed by atoms with Crippen LogP contribution in [0.3, 0.4) is 0 Å². The summed E-state index contributed by atoms with van der Waals surface area (Å²) in [5.74, 6) is -1.92. The zero-order valence-electron chi connectivity index (χ0n) is 15.9. The summed E-state index contributed by atoms with van der Waals surface area (Å²) in [7, 11) is -4.01. The van der Waals surface area contributed by atoms with Crippen LogP contribution in [0.2, 0.25) is 0 Å². The fourth-order valence-corrected chi connectivity index (χ4v) is 5.44. The summed E-state index contributed by atoms with van der Waals surface area (Å²) in [6, 6.07) is 10.5. The number of imide groups is 1. The number of hydrogen-bond donors (Lipinski definition) is 1. The van der Waals surface area contributed by atoms with Gasteiger partial charge in [-0.15, -0.1) is 0 Å². The monoisotopic (exact) mass is 472 g/mol. The Morgan fingerprint density at radius 1 is 1.06 bits per heavy atom. The minimum absolute atomic E-state index is 0.0490. The lowest BCUT2D eigenvalue weighted by molar-refractivity contribution is -0.384. The van der Waals surface area contributed by atoms with Crippen molar-refractivity contribution in [2.75, 3.05) is 11.9 Å². The molecular formula is C19H12N4O7S2. The number of benzene rings is 2. The van der Waals surface area contributed by atoms with Gasteiger partial charge in [0.2, 0.25) is 15.7 Å². The summed E-state index contributed by atoms with van der Waals surface area (Å²) in [6.07, 6.45) is 1.04. The normalized spacial score (nSPS) is 13.2. The van der Waals surface area contributed by atoms with E-state index in [1.807, 2.05) is 0 Å². The van der Waals surface area contributed by atoms with Crippen LogP contribution in [-0.4, -0.2) is 47.5 Å². The molecule has 3 aromatic rings. The number of aromatic nitrogens is 1. The Labute approximate surface area is 184 Å². The lowest BCUT2D eigenvalue weighted by atomic mass is 10.1. The summed E-state index contributed by atoms with van der Waals surface area (Å²) in [5.41, 5.74) is 0.154. The first-order valence-electron chi connectivity index (χ1n) is 8.89. The average molecular weight is 472 g/mol. The van der Waals surface area contributed by atoms with Crippen LogP contribution >= 0.6 is 11.3 Å². The number of thiazole rings is 1. The summed E-state index contributed by atoms with van der Waals surface area (Å²) < 4.78 is 25.2. The van der Waals surface area contributed by atoms with Gasteiger partial charge in [-0.2, -0.15) is 0 Å². The van der Waals surface area contributed by atoms with Crippen LogP contribution in [0, 0.1) is 10.1 Å². The second-order valence-electron chi connectivity index (χ2n) is 6.53. The molecule has 2 heterocycles. The fraction of sp³-hybridized carbons (Fsp3) is 0.0526. The van der Waals surface area contributed by atoms with E-state index < -0.39 is 39.0 Å². The van der Waals surface area contributed by atoms with Gasteiger partial charge >= 0.3 is 0 Å². The lowest BCUT2D eigenvalue weighted by Crippen LogP contribution is -2.37. The Hall–Kier alpha value is -3.97. The van der Waals surface area contributed by atoms with Crippen molar-refractivity contribution in [3.63, 3.8) is 0 Å². The second kappa shape index (κ2) is 7.94. The van der Waals surface area contributed by atoms with E-state index in [9.17, 15) is 32.9 Å². The predicted molar refractivity (Wildman–Crippen MR) is 111 cm³/mol. The molecule has 0 unspecified atom stereocenters. The summed E-state index contributed by atoms with van der Waals surface area (Å²) in [5, 5.41) is 13.1. The number of hydrogen-bond acceptors (Lipinski definition) is 9. The van der Waals surface area contributed by atoms with Gasteiger partial charge in [-0.25, -0.2) is 13.4 Å². The molecule has 0 spiro atoms. The van der Waals surface area contributed by atoms with Crippen LogP contribution in [0.25, 0.3) is 0 Å². The SMILES string of the molecule is O=C(CN1C(=O)c2ccccc2C1=O)Nc1ncc(S(=O)(=O)c2ccc([N+](=O)[O-])cc2)s1. The summed E-state index contributed by atoms with van der Waals surface area (Å²) in [6.45, 7) is -0.559. The zero-order valence-corrected chi connectivity index (χ0v) is 17.6. The number of carbonyl (C=O) groups excluding carboxylic acids is 3. The first-order valence-corrected chi connectivity index (χ1v) is 11.2. The van der Waals surface area contributed by atoms with Crippen LogP contribution in [-0.2, 0) is 14.6 Å². The number of nitrogens with one attached hydrogen (secondary N) is 1. The first kappa shape index (κ1) is 21.3. The molecule has 0 radical (unpaired) electrons. The number of amides is 3. The molecular weight excluding hydrogens is 460 g/mol. The number of anilines is 1. The maximum atomic E-state index is 12.7. The van der Waals surface area contributed by atoms with Gasteiger partial charge in [-0.3, -0.25) is 29.4 Å². The van der Waals surface area contributed by atoms with Crippen molar-refractivity contribution in [3.8, 4) is 0 Å². The van der Waals surface area contributed by atoms with Crippen LogP contribution in [0.5, 0.6) is 0 Å². The molecule has 2 aromatic carbocycles. The van der Waals surface area contributed by atoms with Crippen molar-refractivity contribution in [2.45, 2.75) is 9.10 Å². The highest BCUT2D eigenvalue weighted by Crippen LogP contribution is 2.29. The molecule has 13 heteroatoms. The molecule has 3 amide bonds. The molecule has 1 N–H and O–H groups in total. The van der Waals surface area contributed by atoms with E-state index in [0.717, 1.165) is 35.4 Å². The van der Waals surface area contributed by atoms with Gasteiger partial charge in [0.05, 0.1) is 27.1 Å². The van der Waals surface area contributed by atoms with Crippen molar-refractivity contribution in [1.82, 2.24) is 9.88 Å². The largest absolute Gasteiger partial charge is 0.300 e. The Balaban J connectivity index is 1.46. The van der Waals surface area contributed by atoms with Gasteiger partial charge in [-0.05, 0) is 24.3 Å². The molecule has 1 aliphatic rings. The first-order chi connectivity index (χ1) is 15.2. The molecule has 11 nitrogen and oxygen atoms in total. The molecule has 0 bridgehead atoms. The van der Waals surface area contributed by atoms with Gasteiger partial charge < -0.3 is 5.32 Å². The molecule has 0 fully saturated rings. The number of nitro groups is 1. The molecule has 1 aromatic heterocycles. The quantitative estimate of drug-likeness (QED) is 0.325. The smallest absolute Gasteiger partial charge is 0.269 e. The van der Waals surface area contributed by atoms with Gasteiger partial charge in [0.15, 0.2) is 5.13 Å². The average Bonchev–Trinajstić information content (AvgIpc) is 3.33. The van der Waals surface area contributed by atoms with Crippen LogP contribution < -0.4 is 5.32 Å². The molecule has 1 aliphatic heterocycles. The number of nitro benzene ring substituents is 1. The highest BCUT2D eigenvalue weighted by Gasteiger charge is 2.36. The molecule has 162 valence electrons. The second-order valence-corrected chi connectivity index (χ2v) is 9.74. The van der Waals surface area contributed by atoms with E-state index in [1.54, 1.807) is 12.1 Å². The van der Waals surface area contributed by atoms with E-state index in [0.29, 0.717) is 11.3 Å². The number of carbonyl (C=O) groups is 3. The molecule has 0 atom stereocenters. The Kier molecular flexibility index (Phi) is 5.28. The molecule has 0 saturated carbocycles. The Bertz CT molecular complexity index is 1350. The van der Waals surface area contributed by atoms with Gasteiger partial charge in [0.25, 0.3) is 17.5 Å². The topological polar surface area (TPSA) is 157 Å². The van der Waals surface area contributed by atoms with Crippen molar-refractivity contribution < 1.29 is 27.7 Å². The maximum absolute atomic E-state index is 12.7. The highest BCUT2D eigenvalue weighted by molar-refractivity contribution is 7.93. The van der Waals surface area contributed by atoms with Crippen LogP contribution in [0.15, 0.2) is 63.8 Å². The summed E-state index contributed by atoms with van der Waals surface area (Å²) >= 11 is 0.667. The number of non-ortho nitro benzene ring substituents is 1. The van der Waals surface area contributed by atoms with Crippen molar-refractivity contribution in [1.29, 1.82) is 0 Å². The minimum Gasteiger partial charge on any atom is -0.300 e. The summed E-state index contributed by atoms with van der Waals surface area (Å²) in [4.78, 5) is 51.6. The molecule has 4 rings (SSSR count). The zero-order chi connectivity index (χ0) is 23.0. The number of rotatable bonds is 6. The molecule has 0 aliphatic carbocycles. The highest BCUT2D eigenvalue weighted by atomic mass is 32.2. The van der Waals surface area contributed by atoms with Crippen molar-refractivity contribution in [2.24, 2.45) is 0 Å². The number of fused-ring (bicyclic) bond motifs is 1. The number of sulfone groups is 1. The van der Waals surface area contributed by atoms with E-state index >= 15 is 0 Å². The van der Waals surface area contributed by atoms with E-state index in [1.165, 1.54) is 12.1 Å². The van der Waals surface area contributed by atoms with Crippen molar-refractivity contribution >= 4 is 49.7 Å². The standard InChI is InChI=1S/C19H12N4O7S2/c24-15(10-22-17(25)13-3-1-2-4-14(13)18(22)26)21-19-20-9-16(31-19)32(29,30)12-7-5-11(6-8-12)23(27)28/h1-9H,10H2,(H,20,21,24). The predicted octanol–water partition coefficient (Wildman–Crippen LogP) is 2.12. The van der Waals surface area contributed by atoms with Crippen molar-refractivity contribution in [3.05, 3.63) is 76.0 Å². The third-order valence-electron chi connectivity index (χ3n) is 4.53. The fourth-order valence-electron chi connectivity index (χ4n) is 2.99. The van der Waals surface area contributed by atoms with Crippen LogP contribution in [0.4, 0.5) is 10.8 Å². The minimum atomic E-state index is -4.01. The van der Waals surface area contributed by atoms with E-state index in [4.69, 9.17) is 0 Å². The van der Waals surface area contributed by atoms with E-state index in [2.05, 4.69) is 10.3 Å². The maximum Gasteiger partial charge on any atom is 0.269 e. The van der Waals surface area contributed by atoms with E-state index in [-0.39, 0.29) is 31.1 Å². The Morgan fingerprint density at radius 2 is 1.66 bits per heavy atom. The Morgan fingerprint density at radius 3 is 2.22 bits per heavy atom. The molecule has 0 saturated heterocycles. The van der Waals surface area contributed by atoms with Gasteiger partial charge in [-0.1, -0.05) is 23.5 Å².